The van der Waals surface area contributed by atoms with Gasteiger partial charge in [0.2, 0.25) is 5.95 Å². The van der Waals surface area contributed by atoms with Crippen LogP contribution in [0.25, 0.3) is 0 Å². The number of hydrogen-bond acceptors (Lipinski definition) is 6. The molecule has 0 saturated carbocycles. The van der Waals surface area contributed by atoms with E-state index in [2.05, 4.69) is 20.3 Å². The lowest BCUT2D eigenvalue weighted by atomic mass is 10.1. The molecule has 3 rings (SSSR count). The maximum absolute atomic E-state index is 12.5. The van der Waals surface area contributed by atoms with E-state index in [4.69, 9.17) is 0 Å². The van der Waals surface area contributed by atoms with E-state index in [1.54, 1.807) is 38.6 Å². The van der Waals surface area contributed by atoms with Crippen LogP contribution in [0.1, 0.15) is 24.6 Å². The topological polar surface area (TPSA) is 91.3 Å². The van der Waals surface area contributed by atoms with Crippen LogP contribution < -0.4 is 5.32 Å². The standard InChI is InChI=1S/C15H20N6O2S/c1-20(2)24(22,23)21-11-4-7-13(21)12-6-3-8-14(18-12)19-15-16-9-5-10-17-15/h3,5-6,8-10,13H,4,7,11H2,1-2H3,(H,16,17,18,19)/t13-/m1/s1. The van der Waals surface area contributed by atoms with Gasteiger partial charge in [-0.15, -0.1) is 0 Å². The van der Waals surface area contributed by atoms with Gasteiger partial charge in [-0.05, 0) is 31.0 Å². The lowest BCUT2D eigenvalue weighted by Crippen LogP contribution is -2.39. The van der Waals surface area contributed by atoms with Crippen LogP contribution in [0.4, 0.5) is 11.8 Å². The first-order chi connectivity index (χ1) is 11.5. The Morgan fingerprint density at radius 2 is 1.96 bits per heavy atom. The number of aromatic nitrogens is 3. The van der Waals surface area contributed by atoms with Crippen LogP contribution in [0.5, 0.6) is 0 Å². The molecule has 0 spiro atoms. The van der Waals surface area contributed by atoms with Crippen molar-refractivity contribution in [2.24, 2.45) is 0 Å². The zero-order valence-electron chi connectivity index (χ0n) is 13.6. The van der Waals surface area contributed by atoms with Crippen molar-refractivity contribution < 1.29 is 8.42 Å². The molecule has 128 valence electrons. The Labute approximate surface area is 141 Å². The van der Waals surface area contributed by atoms with E-state index in [-0.39, 0.29) is 6.04 Å². The van der Waals surface area contributed by atoms with Gasteiger partial charge in [0, 0.05) is 33.0 Å². The first-order valence-electron chi connectivity index (χ1n) is 7.69. The molecule has 24 heavy (non-hydrogen) atoms. The minimum absolute atomic E-state index is 0.254. The number of pyridine rings is 1. The smallest absolute Gasteiger partial charge is 0.282 e. The normalized spacial score (nSPS) is 18.9. The van der Waals surface area contributed by atoms with E-state index in [1.807, 2.05) is 12.1 Å². The predicted molar refractivity (Wildman–Crippen MR) is 90.8 cm³/mol. The second-order valence-electron chi connectivity index (χ2n) is 5.70. The number of anilines is 2. The predicted octanol–water partition coefficient (Wildman–Crippen LogP) is 1.56. The molecule has 2 aromatic rings. The van der Waals surface area contributed by atoms with Crippen molar-refractivity contribution in [2.45, 2.75) is 18.9 Å². The summed E-state index contributed by atoms with van der Waals surface area (Å²) in [6.07, 6.45) is 4.85. The van der Waals surface area contributed by atoms with Gasteiger partial charge in [-0.3, -0.25) is 0 Å². The zero-order chi connectivity index (χ0) is 17.2. The van der Waals surface area contributed by atoms with E-state index < -0.39 is 10.2 Å². The summed E-state index contributed by atoms with van der Waals surface area (Å²) >= 11 is 0. The molecule has 2 aromatic heterocycles. The summed E-state index contributed by atoms with van der Waals surface area (Å²) in [4.78, 5) is 12.8. The third-order valence-corrected chi connectivity index (χ3v) is 5.83. The molecule has 9 heteroatoms. The summed E-state index contributed by atoms with van der Waals surface area (Å²) in [6, 6.07) is 6.99. The van der Waals surface area contributed by atoms with Crippen molar-refractivity contribution in [2.75, 3.05) is 26.0 Å². The van der Waals surface area contributed by atoms with Crippen LogP contribution in [0.15, 0.2) is 36.7 Å². The molecular weight excluding hydrogens is 328 g/mol. The maximum Gasteiger partial charge on any atom is 0.282 e. The van der Waals surface area contributed by atoms with E-state index in [0.717, 1.165) is 18.5 Å². The molecule has 1 aliphatic rings. The van der Waals surface area contributed by atoms with Gasteiger partial charge >= 0.3 is 0 Å². The summed E-state index contributed by atoms with van der Waals surface area (Å²) in [5.41, 5.74) is 0.721. The highest BCUT2D eigenvalue weighted by molar-refractivity contribution is 7.86. The average Bonchev–Trinajstić information content (AvgIpc) is 3.06. The fraction of sp³-hybridized carbons (Fsp3) is 0.400. The van der Waals surface area contributed by atoms with Crippen molar-refractivity contribution in [3.8, 4) is 0 Å². The Morgan fingerprint density at radius 1 is 1.21 bits per heavy atom. The summed E-state index contributed by atoms with van der Waals surface area (Å²) in [5.74, 6) is 1.04. The van der Waals surface area contributed by atoms with E-state index in [0.29, 0.717) is 18.3 Å². The largest absolute Gasteiger partial charge is 0.309 e. The molecular formula is C15H20N6O2S. The molecule has 0 amide bonds. The fourth-order valence-corrected chi connectivity index (χ4v) is 4.02. The molecule has 1 N–H and O–H groups in total. The quantitative estimate of drug-likeness (QED) is 0.882. The number of nitrogens with one attached hydrogen (secondary N) is 1. The summed E-state index contributed by atoms with van der Waals surface area (Å²) in [6.45, 7) is 0.506. The molecule has 0 aromatic carbocycles. The summed E-state index contributed by atoms with van der Waals surface area (Å²) in [7, 11) is -0.375. The molecule has 1 aliphatic heterocycles. The summed E-state index contributed by atoms with van der Waals surface area (Å²) < 4.78 is 27.7. The third-order valence-electron chi connectivity index (χ3n) is 3.88. The van der Waals surface area contributed by atoms with Gasteiger partial charge < -0.3 is 5.32 Å². The van der Waals surface area contributed by atoms with Gasteiger partial charge in [0.05, 0.1) is 11.7 Å². The molecule has 0 radical (unpaired) electrons. The van der Waals surface area contributed by atoms with Crippen LogP contribution in [0, 0.1) is 0 Å². The summed E-state index contributed by atoms with van der Waals surface area (Å²) in [5, 5.41) is 3.03. The van der Waals surface area contributed by atoms with Gasteiger partial charge in [0.1, 0.15) is 5.82 Å². The molecule has 8 nitrogen and oxygen atoms in total. The van der Waals surface area contributed by atoms with Crippen molar-refractivity contribution >= 4 is 22.0 Å². The lowest BCUT2D eigenvalue weighted by Gasteiger charge is -2.26. The van der Waals surface area contributed by atoms with Crippen molar-refractivity contribution in [1.29, 1.82) is 0 Å². The second-order valence-corrected chi connectivity index (χ2v) is 7.80. The Balaban J connectivity index is 1.85. The molecule has 3 heterocycles. The Morgan fingerprint density at radius 3 is 2.67 bits per heavy atom. The van der Waals surface area contributed by atoms with Gasteiger partial charge in [-0.25, -0.2) is 15.0 Å². The SMILES string of the molecule is CN(C)S(=O)(=O)N1CCC[C@@H]1c1cccc(Nc2ncccn2)n1. The monoisotopic (exact) mass is 348 g/mol. The minimum atomic E-state index is -3.46. The Kier molecular flexibility index (Phi) is 4.74. The van der Waals surface area contributed by atoms with Crippen LogP contribution in [-0.4, -0.2) is 52.6 Å². The van der Waals surface area contributed by atoms with E-state index >= 15 is 0 Å². The second kappa shape index (κ2) is 6.80. The van der Waals surface area contributed by atoms with E-state index in [1.165, 1.54) is 8.61 Å². The van der Waals surface area contributed by atoms with Crippen molar-refractivity contribution in [3.63, 3.8) is 0 Å². The molecule has 1 saturated heterocycles. The number of hydrogen-bond donors (Lipinski definition) is 1. The highest BCUT2D eigenvalue weighted by atomic mass is 32.2. The van der Waals surface area contributed by atoms with Crippen LogP contribution in [-0.2, 0) is 10.2 Å². The van der Waals surface area contributed by atoms with Gasteiger partial charge in [0.15, 0.2) is 0 Å². The highest BCUT2D eigenvalue weighted by Gasteiger charge is 2.37. The molecule has 0 aliphatic carbocycles. The Hall–Kier alpha value is -2.10. The minimum Gasteiger partial charge on any atom is -0.309 e. The van der Waals surface area contributed by atoms with Crippen LogP contribution in [0.2, 0.25) is 0 Å². The Bertz CT molecular complexity index is 797. The third kappa shape index (κ3) is 3.37. The van der Waals surface area contributed by atoms with Crippen LogP contribution >= 0.6 is 0 Å². The first-order valence-corrected chi connectivity index (χ1v) is 9.08. The van der Waals surface area contributed by atoms with E-state index in [9.17, 15) is 8.42 Å². The van der Waals surface area contributed by atoms with Crippen LogP contribution in [0.3, 0.4) is 0 Å². The van der Waals surface area contributed by atoms with Gasteiger partial charge in [-0.1, -0.05) is 6.07 Å². The number of nitrogens with zero attached hydrogens (tertiary/aromatic N) is 5. The van der Waals surface area contributed by atoms with Gasteiger partial charge in [-0.2, -0.15) is 17.0 Å². The first kappa shape index (κ1) is 16.7. The zero-order valence-corrected chi connectivity index (χ0v) is 14.4. The number of rotatable bonds is 5. The molecule has 1 fully saturated rings. The molecule has 0 bridgehead atoms. The van der Waals surface area contributed by atoms with Crippen molar-refractivity contribution in [3.05, 3.63) is 42.4 Å². The average molecular weight is 348 g/mol. The lowest BCUT2D eigenvalue weighted by molar-refractivity contribution is 0.358. The van der Waals surface area contributed by atoms with Crippen molar-refractivity contribution in [1.82, 2.24) is 23.6 Å². The molecule has 1 atom stereocenters. The molecule has 0 unspecified atom stereocenters. The highest BCUT2D eigenvalue weighted by Crippen LogP contribution is 2.34. The maximum atomic E-state index is 12.5. The van der Waals surface area contributed by atoms with Gasteiger partial charge in [0.25, 0.3) is 10.2 Å². The fourth-order valence-electron chi connectivity index (χ4n) is 2.71.